The molecule has 0 unspecified atom stereocenters. The third-order valence-electron chi connectivity index (χ3n) is 5.84. The average molecular weight is 488 g/mol. The van der Waals surface area contributed by atoms with Crippen LogP contribution in [0.3, 0.4) is 0 Å². The smallest absolute Gasteiger partial charge is 0.338 e. The van der Waals surface area contributed by atoms with Crippen molar-refractivity contribution in [2.24, 2.45) is 0 Å². The highest BCUT2D eigenvalue weighted by atomic mass is 16.5. The Morgan fingerprint density at radius 2 is 1.61 bits per heavy atom. The lowest BCUT2D eigenvalue weighted by atomic mass is 10.1. The summed E-state index contributed by atoms with van der Waals surface area (Å²) in [4.78, 5) is 52.0. The van der Waals surface area contributed by atoms with Gasteiger partial charge in [-0.25, -0.2) is 4.79 Å². The van der Waals surface area contributed by atoms with Gasteiger partial charge in [-0.3, -0.25) is 19.3 Å². The van der Waals surface area contributed by atoms with Crippen LogP contribution < -0.4 is 14.8 Å². The maximum atomic E-state index is 13.0. The summed E-state index contributed by atoms with van der Waals surface area (Å²) in [6.07, 6.45) is 0. The van der Waals surface area contributed by atoms with Crippen LogP contribution in [0.15, 0.2) is 66.7 Å². The molecule has 1 N–H and O–H groups in total. The third-order valence-corrected chi connectivity index (χ3v) is 5.84. The van der Waals surface area contributed by atoms with Crippen molar-refractivity contribution in [3.05, 3.63) is 89.0 Å². The molecule has 3 amide bonds. The number of rotatable bonds is 8. The molecule has 0 aliphatic carbocycles. The minimum absolute atomic E-state index is 0.0546. The molecule has 184 valence electrons. The van der Waals surface area contributed by atoms with Gasteiger partial charge in [0.1, 0.15) is 11.5 Å². The molecule has 1 heterocycles. The Kier molecular flexibility index (Phi) is 7.00. The van der Waals surface area contributed by atoms with Crippen molar-refractivity contribution in [1.82, 2.24) is 4.90 Å². The normalized spacial score (nSPS) is 13.1. The van der Waals surface area contributed by atoms with E-state index in [0.717, 1.165) is 5.56 Å². The van der Waals surface area contributed by atoms with Gasteiger partial charge in [0.2, 0.25) is 0 Å². The van der Waals surface area contributed by atoms with Gasteiger partial charge in [-0.1, -0.05) is 30.3 Å². The molecule has 9 heteroatoms. The van der Waals surface area contributed by atoms with Gasteiger partial charge in [-0.05, 0) is 42.8 Å². The van der Waals surface area contributed by atoms with Crippen LogP contribution in [-0.2, 0) is 9.53 Å². The first-order valence-corrected chi connectivity index (χ1v) is 11.1. The van der Waals surface area contributed by atoms with Crippen molar-refractivity contribution >= 4 is 29.4 Å². The number of benzene rings is 3. The molecule has 0 aromatic heterocycles. The molecule has 0 saturated heterocycles. The highest BCUT2D eigenvalue weighted by molar-refractivity contribution is 6.22. The van der Waals surface area contributed by atoms with E-state index in [-0.39, 0.29) is 16.7 Å². The van der Waals surface area contributed by atoms with Crippen LogP contribution in [0.4, 0.5) is 5.69 Å². The van der Waals surface area contributed by atoms with Crippen molar-refractivity contribution in [1.29, 1.82) is 0 Å². The van der Waals surface area contributed by atoms with E-state index >= 15 is 0 Å². The summed E-state index contributed by atoms with van der Waals surface area (Å²) in [5.74, 6) is -1.38. The lowest BCUT2D eigenvalue weighted by molar-refractivity contribution is -0.119. The highest BCUT2D eigenvalue weighted by Crippen LogP contribution is 2.32. The van der Waals surface area contributed by atoms with Gasteiger partial charge in [0, 0.05) is 6.07 Å². The summed E-state index contributed by atoms with van der Waals surface area (Å²) >= 11 is 0. The zero-order chi connectivity index (χ0) is 25.8. The van der Waals surface area contributed by atoms with Gasteiger partial charge in [-0.15, -0.1) is 0 Å². The molecule has 0 spiro atoms. The standard InChI is InChI=1S/C27H24N2O7/c1-16(17-7-5-4-6-8-17)29-25(31)20-11-9-18(13-21(20)26(29)32)27(33)36-15-24(30)28-22-12-10-19(34-2)14-23(22)35-3/h4-14,16H,15H2,1-3H3,(H,28,30)/t16-/m0/s1. The number of nitrogens with zero attached hydrogens (tertiary/aromatic N) is 1. The topological polar surface area (TPSA) is 111 Å². The Morgan fingerprint density at radius 3 is 2.31 bits per heavy atom. The molecule has 0 bridgehead atoms. The van der Waals surface area contributed by atoms with Gasteiger partial charge < -0.3 is 19.5 Å². The largest absolute Gasteiger partial charge is 0.497 e. The average Bonchev–Trinajstić information content (AvgIpc) is 3.16. The molecule has 4 rings (SSSR count). The van der Waals surface area contributed by atoms with E-state index < -0.39 is 36.3 Å². The molecule has 0 radical (unpaired) electrons. The zero-order valence-electron chi connectivity index (χ0n) is 19.9. The number of ether oxygens (including phenoxy) is 3. The van der Waals surface area contributed by atoms with E-state index in [9.17, 15) is 19.2 Å². The predicted molar refractivity (Wildman–Crippen MR) is 130 cm³/mol. The number of carbonyl (C=O) groups excluding carboxylic acids is 4. The SMILES string of the molecule is COc1ccc(NC(=O)COC(=O)c2ccc3c(c2)C(=O)N([C@@H](C)c2ccccc2)C3=O)c(OC)c1. The maximum absolute atomic E-state index is 13.0. The fraction of sp³-hybridized carbons (Fsp3) is 0.185. The minimum Gasteiger partial charge on any atom is -0.497 e. The van der Waals surface area contributed by atoms with E-state index in [2.05, 4.69) is 5.32 Å². The fourth-order valence-electron chi connectivity index (χ4n) is 3.92. The van der Waals surface area contributed by atoms with Crippen molar-refractivity contribution in [3.63, 3.8) is 0 Å². The van der Waals surface area contributed by atoms with Crippen LogP contribution in [0.25, 0.3) is 0 Å². The van der Waals surface area contributed by atoms with E-state index in [1.54, 1.807) is 25.1 Å². The molecule has 36 heavy (non-hydrogen) atoms. The Labute approximate surface area is 207 Å². The first kappa shape index (κ1) is 24.5. The number of anilines is 1. The summed E-state index contributed by atoms with van der Waals surface area (Å²) in [5.41, 5.74) is 1.58. The minimum atomic E-state index is -0.801. The second-order valence-electron chi connectivity index (χ2n) is 8.02. The first-order valence-electron chi connectivity index (χ1n) is 11.1. The zero-order valence-corrected chi connectivity index (χ0v) is 19.9. The number of fused-ring (bicyclic) bond motifs is 1. The fourth-order valence-corrected chi connectivity index (χ4v) is 3.92. The number of carbonyl (C=O) groups is 4. The van der Waals surface area contributed by atoms with Crippen molar-refractivity contribution in [3.8, 4) is 11.5 Å². The van der Waals surface area contributed by atoms with E-state index in [1.165, 1.54) is 37.3 Å². The number of esters is 1. The summed E-state index contributed by atoms with van der Waals surface area (Å²) in [6.45, 7) is 1.21. The Hall–Kier alpha value is -4.66. The summed E-state index contributed by atoms with van der Waals surface area (Å²) in [7, 11) is 2.96. The van der Waals surface area contributed by atoms with Gasteiger partial charge in [0.15, 0.2) is 6.61 Å². The third kappa shape index (κ3) is 4.76. The number of amides is 3. The second-order valence-corrected chi connectivity index (χ2v) is 8.02. The summed E-state index contributed by atoms with van der Waals surface area (Å²) in [6, 6.07) is 17.7. The first-order chi connectivity index (χ1) is 17.3. The lowest BCUT2D eigenvalue weighted by Crippen LogP contribution is -2.32. The van der Waals surface area contributed by atoms with Gasteiger partial charge >= 0.3 is 5.97 Å². The molecule has 3 aromatic carbocycles. The summed E-state index contributed by atoms with van der Waals surface area (Å²) < 4.78 is 15.5. The number of imide groups is 1. The van der Waals surface area contributed by atoms with Gasteiger partial charge in [0.25, 0.3) is 17.7 Å². The molecule has 1 aliphatic rings. The van der Waals surface area contributed by atoms with Gasteiger partial charge in [0.05, 0.1) is 42.6 Å². The molecule has 3 aromatic rings. The molecular weight excluding hydrogens is 464 g/mol. The van der Waals surface area contributed by atoms with E-state index in [4.69, 9.17) is 14.2 Å². The number of methoxy groups -OCH3 is 2. The van der Waals surface area contributed by atoms with Crippen LogP contribution in [0.2, 0.25) is 0 Å². The molecular formula is C27H24N2O7. The Bertz CT molecular complexity index is 1340. The molecule has 9 nitrogen and oxygen atoms in total. The molecule has 0 saturated carbocycles. The van der Waals surface area contributed by atoms with Crippen LogP contribution >= 0.6 is 0 Å². The quantitative estimate of drug-likeness (QED) is 0.379. The van der Waals surface area contributed by atoms with Crippen LogP contribution in [0.5, 0.6) is 11.5 Å². The van der Waals surface area contributed by atoms with Crippen LogP contribution in [0, 0.1) is 0 Å². The highest BCUT2D eigenvalue weighted by Gasteiger charge is 2.39. The number of hydrogen-bond acceptors (Lipinski definition) is 7. The number of nitrogens with one attached hydrogen (secondary N) is 1. The molecule has 0 fully saturated rings. The monoisotopic (exact) mass is 488 g/mol. The van der Waals surface area contributed by atoms with Crippen molar-refractivity contribution < 1.29 is 33.4 Å². The predicted octanol–water partition coefficient (Wildman–Crippen LogP) is 3.86. The van der Waals surface area contributed by atoms with Crippen LogP contribution in [-0.4, -0.2) is 49.4 Å². The molecule has 1 atom stereocenters. The second kappa shape index (κ2) is 10.3. The Balaban J connectivity index is 1.42. The van der Waals surface area contributed by atoms with Crippen molar-refractivity contribution in [2.75, 3.05) is 26.1 Å². The van der Waals surface area contributed by atoms with E-state index in [1.807, 2.05) is 30.3 Å². The van der Waals surface area contributed by atoms with E-state index in [0.29, 0.717) is 17.2 Å². The van der Waals surface area contributed by atoms with Crippen LogP contribution in [0.1, 0.15) is 49.6 Å². The van der Waals surface area contributed by atoms with Crippen molar-refractivity contribution in [2.45, 2.75) is 13.0 Å². The van der Waals surface area contributed by atoms with Gasteiger partial charge in [-0.2, -0.15) is 0 Å². The maximum Gasteiger partial charge on any atom is 0.338 e. The summed E-state index contributed by atoms with van der Waals surface area (Å²) in [5, 5.41) is 2.61. The molecule has 1 aliphatic heterocycles. The number of hydrogen-bond donors (Lipinski definition) is 1. The lowest BCUT2D eigenvalue weighted by Gasteiger charge is -2.22. The Morgan fingerprint density at radius 1 is 0.889 bits per heavy atom.